The quantitative estimate of drug-likeness (QED) is 0.221. The molecule has 3 aromatic rings. The number of allylic oxidation sites excluding steroid dienone is 1. The molecule has 2 bridgehead atoms. The zero-order valence-electron chi connectivity index (χ0n) is 22.2. The van der Waals surface area contributed by atoms with Gasteiger partial charge in [0.2, 0.25) is 11.9 Å². The highest BCUT2D eigenvalue weighted by atomic mass is 32.2. The number of aromatic nitrogens is 3. The van der Waals surface area contributed by atoms with Gasteiger partial charge in [0.15, 0.2) is 11.1 Å². The molecule has 0 spiro atoms. The van der Waals surface area contributed by atoms with Crippen LogP contribution in [0.1, 0.15) is 6.42 Å². The minimum absolute atomic E-state index is 0.0947. The zero-order chi connectivity index (χ0) is 28.5. The summed E-state index contributed by atoms with van der Waals surface area (Å²) in [6.45, 7) is 2.26. The summed E-state index contributed by atoms with van der Waals surface area (Å²) in [5.41, 5.74) is 8.28. The van der Waals surface area contributed by atoms with Gasteiger partial charge in [-0.1, -0.05) is 18.2 Å². The number of fused-ring (bicyclic) bond motifs is 2. The maximum absolute atomic E-state index is 15.2. The van der Waals surface area contributed by atoms with Gasteiger partial charge in [0.1, 0.15) is 17.5 Å². The molecule has 41 heavy (non-hydrogen) atoms. The van der Waals surface area contributed by atoms with E-state index in [1.54, 1.807) is 30.7 Å². The van der Waals surface area contributed by atoms with Crippen LogP contribution in [0.3, 0.4) is 0 Å². The van der Waals surface area contributed by atoms with Crippen molar-refractivity contribution in [1.82, 2.24) is 19.9 Å². The third kappa shape index (κ3) is 5.78. The highest BCUT2D eigenvalue weighted by molar-refractivity contribution is 7.79. The number of pyridine rings is 1. The molecule has 0 radical (unpaired) electrons. The fourth-order valence-corrected chi connectivity index (χ4v) is 6.67. The van der Waals surface area contributed by atoms with Crippen LogP contribution >= 0.6 is 0 Å². The van der Waals surface area contributed by atoms with Gasteiger partial charge < -0.3 is 25.8 Å². The second-order valence-electron chi connectivity index (χ2n) is 10.6. The SMILES string of the molecule is NC(=O)[C@H]1C2C=CC(C2)[C@H]1Nc1nc(Nc2ccc(N3CCN(CS(=O)O)CC3)c(F)c2)ncc1-c1cccnc1. The zero-order valence-corrected chi connectivity index (χ0v) is 23.0. The van der Waals surface area contributed by atoms with Gasteiger partial charge in [-0.15, -0.1) is 0 Å². The predicted molar refractivity (Wildman–Crippen MR) is 155 cm³/mol. The Labute approximate surface area is 239 Å². The lowest BCUT2D eigenvalue weighted by molar-refractivity contribution is -0.122. The van der Waals surface area contributed by atoms with Crippen molar-refractivity contribution in [3.63, 3.8) is 0 Å². The standard InChI is InChI=1S/C28H31FN8O3S/c29-22-13-20(5-6-23(22)37-10-8-36(9-11-37)16-41(39)40)33-28-32-15-21(19-2-1-7-31-14-19)27(35-28)34-25-18-4-3-17(12-18)24(25)26(30)38/h1-7,13-15,17-18,24-25H,8-12,16H2,(H2,30,38)(H,39,40)(H2,32,33,34,35)/t17?,18?,24-,25+/m0/s1. The average molecular weight is 579 g/mol. The number of piperazine rings is 1. The second-order valence-corrected chi connectivity index (χ2v) is 11.5. The van der Waals surface area contributed by atoms with Gasteiger partial charge in [0.05, 0.1) is 11.6 Å². The Morgan fingerprint density at radius 2 is 1.95 bits per heavy atom. The number of anilines is 4. The lowest BCUT2D eigenvalue weighted by Gasteiger charge is -2.35. The lowest BCUT2D eigenvalue weighted by Crippen LogP contribution is -2.47. The van der Waals surface area contributed by atoms with Crippen LogP contribution in [-0.2, 0) is 15.9 Å². The molecule has 3 unspecified atom stereocenters. The summed E-state index contributed by atoms with van der Waals surface area (Å²) in [5.74, 6) is 0.107. The van der Waals surface area contributed by atoms with Crippen LogP contribution in [0.25, 0.3) is 11.1 Å². The summed E-state index contributed by atoms with van der Waals surface area (Å²) >= 11 is -1.88. The molecule has 6 rings (SSSR count). The van der Waals surface area contributed by atoms with E-state index in [1.165, 1.54) is 6.07 Å². The molecule has 5 N–H and O–H groups in total. The normalized spacial score (nSPS) is 24.4. The van der Waals surface area contributed by atoms with Crippen LogP contribution in [0, 0.1) is 23.6 Å². The fraction of sp³-hybridized carbons (Fsp3) is 0.357. The van der Waals surface area contributed by atoms with E-state index in [1.807, 2.05) is 21.9 Å². The number of rotatable bonds is 9. The van der Waals surface area contributed by atoms with Crippen LogP contribution in [0.2, 0.25) is 0 Å². The van der Waals surface area contributed by atoms with Crippen molar-refractivity contribution in [1.29, 1.82) is 0 Å². The van der Waals surface area contributed by atoms with Crippen LogP contribution in [-0.4, -0.2) is 72.6 Å². The molecule has 5 atom stereocenters. The van der Waals surface area contributed by atoms with Crippen molar-refractivity contribution in [2.75, 3.05) is 47.6 Å². The topological polar surface area (TPSA) is 150 Å². The van der Waals surface area contributed by atoms with Crippen LogP contribution < -0.4 is 21.3 Å². The number of nitrogens with zero attached hydrogens (tertiary/aromatic N) is 5. The van der Waals surface area contributed by atoms with Gasteiger partial charge in [-0.2, -0.15) is 4.98 Å². The third-order valence-corrected chi connectivity index (χ3v) is 8.65. The van der Waals surface area contributed by atoms with E-state index in [0.717, 1.165) is 17.5 Å². The molecule has 3 heterocycles. The van der Waals surface area contributed by atoms with Crippen molar-refractivity contribution in [3.05, 3.63) is 66.9 Å². The number of nitrogens with one attached hydrogen (secondary N) is 2. The van der Waals surface area contributed by atoms with Gasteiger partial charge in [-0.05, 0) is 42.5 Å². The Balaban J connectivity index is 1.22. The molecule has 214 valence electrons. The first-order valence-electron chi connectivity index (χ1n) is 13.5. The van der Waals surface area contributed by atoms with Gasteiger partial charge in [-0.25, -0.2) is 13.6 Å². The van der Waals surface area contributed by atoms with E-state index in [2.05, 4.69) is 32.8 Å². The number of hydrogen-bond acceptors (Lipinski definition) is 9. The molecule has 1 aromatic carbocycles. The molecule has 2 aliphatic carbocycles. The van der Waals surface area contributed by atoms with E-state index >= 15 is 4.39 Å². The van der Waals surface area contributed by atoms with Gasteiger partial charge in [-0.3, -0.25) is 14.7 Å². The Morgan fingerprint density at radius 3 is 2.66 bits per heavy atom. The van der Waals surface area contributed by atoms with Crippen molar-refractivity contribution >= 4 is 40.1 Å². The molecule has 1 saturated heterocycles. The van der Waals surface area contributed by atoms with Gasteiger partial charge >= 0.3 is 0 Å². The summed E-state index contributed by atoms with van der Waals surface area (Å²) < 4.78 is 35.4. The minimum atomic E-state index is -1.88. The van der Waals surface area contributed by atoms with Gasteiger partial charge in [0.25, 0.3) is 0 Å². The first-order valence-corrected chi connectivity index (χ1v) is 14.8. The summed E-state index contributed by atoms with van der Waals surface area (Å²) in [5, 5.41) is 6.59. The van der Waals surface area contributed by atoms with Gasteiger partial charge in [0, 0.05) is 67.6 Å². The summed E-state index contributed by atoms with van der Waals surface area (Å²) in [4.78, 5) is 29.6. The van der Waals surface area contributed by atoms with Crippen molar-refractivity contribution in [3.8, 4) is 11.1 Å². The molecular weight excluding hydrogens is 547 g/mol. The van der Waals surface area contributed by atoms with Crippen LogP contribution in [0.4, 0.5) is 27.5 Å². The molecule has 3 aliphatic rings. The lowest BCUT2D eigenvalue weighted by atomic mass is 9.88. The molecule has 2 aromatic heterocycles. The van der Waals surface area contributed by atoms with E-state index in [-0.39, 0.29) is 41.5 Å². The van der Waals surface area contributed by atoms with E-state index < -0.39 is 16.9 Å². The molecule has 11 nitrogen and oxygen atoms in total. The van der Waals surface area contributed by atoms with Crippen LogP contribution in [0.15, 0.2) is 61.1 Å². The second kappa shape index (κ2) is 11.5. The summed E-state index contributed by atoms with van der Waals surface area (Å²) in [7, 11) is 0. The Morgan fingerprint density at radius 1 is 1.15 bits per heavy atom. The molecule has 2 fully saturated rings. The largest absolute Gasteiger partial charge is 0.369 e. The maximum atomic E-state index is 15.2. The first kappa shape index (κ1) is 27.2. The highest BCUT2D eigenvalue weighted by Gasteiger charge is 2.47. The number of halogens is 1. The predicted octanol–water partition coefficient (Wildman–Crippen LogP) is 2.81. The van der Waals surface area contributed by atoms with E-state index in [0.29, 0.717) is 43.4 Å². The number of carbonyl (C=O) groups is 1. The fourth-order valence-electron chi connectivity index (χ4n) is 6.09. The van der Waals surface area contributed by atoms with Crippen molar-refractivity contribution in [2.24, 2.45) is 23.5 Å². The summed E-state index contributed by atoms with van der Waals surface area (Å²) in [6.07, 6.45) is 10.2. The summed E-state index contributed by atoms with van der Waals surface area (Å²) in [6, 6.07) is 8.42. The number of benzene rings is 1. The maximum Gasteiger partial charge on any atom is 0.229 e. The number of carbonyl (C=O) groups excluding carboxylic acids is 1. The Hall–Kier alpha value is -3.94. The van der Waals surface area contributed by atoms with E-state index in [9.17, 15) is 9.00 Å². The number of hydrogen-bond donors (Lipinski definition) is 4. The number of amides is 1. The number of primary amides is 1. The Bertz CT molecular complexity index is 1480. The highest BCUT2D eigenvalue weighted by Crippen LogP contribution is 2.45. The smallest absolute Gasteiger partial charge is 0.229 e. The first-order chi connectivity index (χ1) is 19.9. The Kier molecular flexibility index (Phi) is 7.65. The third-order valence-electron chi connectivity index (χ3n) is 8.06. The monoisotopic (exact) mass is 578 g/mol. The number of nitrogens with two attached hydrogens (primary N) is 1. The van der Waals surface area contributed by atoms with E-state index in [4.69, 9.17) is 15.3 Å². The van der Waals surface area contributed by atoms with Crippen molar-refractivity contribution in [2.45, 2.75) is 12.5 Å². The molecule has 1 amide bonds. The average Bonchev–Trinajstić information content (AvgIpc) is 3.56. The molecule has 13 heteroatoms. The molecular formula is C28H31FN8O3S. The minimum Gasteiger partial charge on any atom is -0.369 e. The molecule has 1 saturated carbocycles. The van der Waals surface area contributed by atoms with Crippen molar-refractivity contribution < 1.29 is 17.9 Å². The van der Waals surface area contributed by atoms with Crippen LogP contribution in [0.5, 0.6) is 0 Å². The molecule has 1 aliphatic heterocycles.